The molecule has 0 saturated heterocycles. The predicted molar refractivity (Wildman–Crippen MR) is 80.3 cm³/mol. The molecule has 2 heteroatoms. The number of unbranched alkanes of at least 4 members (excludes halogenated alkanes) is 1. The van der Waals surface area contributed by atoms with Crippen molar-refractivity contribution in [3.63, 3.8) is 0 Å². The van der Waals surface area contributed by atoms with Gasteiger partial charge in [-0.15, -0.1) is 12.3 Å². The molecule has 98 valence electrons. The lowest BCUT2D eigenvalue weighted by Gasteiger charge is -2.13. The number of hydrogen-bond acceptors (Lipinski definition) is 2. The van der Waals surface area contributed by atoms with E-state index in [1.807, 2.05) is 18.2 Å². The van der Waals surface area contributed by atoms with Crippen LogP contribution in [0.4, 0.5) is 0 Å². The van der Waals surface area contributed by atoms with E-state index >= 15 is 0 Å². The van der Waals surface area contributed by atoms with Gasteiger partial charge in [-0.1, -0.05) is 30.3 Å². The van der Waals surface area contributed by atoms with Gasteiger partial charge < -0.3 is 10.5 Å². The van der Waals surface area contributed by atoms with Crippen molar-refractivity contribution in [2.45, 2.75) is 19.3 Å². The molecule has 2 rings (SSSR count). The third-order valence-corrected chi connectivity index (χ3v) is 3.11. The topological polar surface area (TPSA) is 35.2 Å². The molecule has 0 atom stereocenters. The van der Waals surface area contributed by atoms with Crippen LogP contribution in [0, 0.1) is 12.3 Å². The third kappa shape index (κ3) is 3.27. The number of benzene rings is 2. The van der Waals surface area contributed by atoms with E-state index in [0.29, 0.717) is 13.2 Å². The Balaban J connectivity index is 2.27. The van der Waals surface area contributed by atoms with Crippen molar-refractivity contribution in [1.29, 1.82) is 0 Å². The summed E-state index contributed by atoms with van der Waals surface area (Å²) in [6.07, 6.45) is 7.69. The Hall–Kier alpha value is -1.98. The fourth-order valence-corrected chi connectivity index (χ4v) is 2.21. The molecule has 0 aliphatic heterocycles. The van der Waals surface area contributed by atoms with Crippen LogP contribution in [0.1, 0.15) is 18.4 Å². The van der Waals surface area contributed by atoms with Crippen molar-refractivity contribution < 1.29 is 4.74 Å². The highest BCUT2D eigenvalue weighted by atomic mass is 16.5. The third-order valence-electron chi connectivity index (χ3n) is 3.11. The molecule has 2 aromatic rings. The maximum Gasteiger partial charge on any atom is 0.123 e. The molecule has 2 N–H and O–H groups in total. The maximum atomic E-state index is 5.85. The summed E-state index contributed by atoms with van der Waals surface area (Å²) in [5.74, 6) is 3.56. The van der Waals surface area contributed by atoms with Crippen LogP contribution in [0.3, 0.4) is 0 Å². The van der Waals surface area contributed by atoms with Gasteiger partial charge in [0, 0.05) is 12.0 Å². The van der Waals surface area contributed by atoms with E-state index in [2.05, 4.69) is 24.1 Å². The summed E-state index contributed by atoms with van der Waals surface area (Å²) in [6.45, 7) is 1.27. The zero-order chi connectivity index (χ0) is 13.5. The molecule has 0 amide bonds. The lowest BCUT2D eigenvalue weighted by Crippen LogP contribution is -2.06. The van der Waals surface area contributed by atoms with Gasteiger partial charge in [-0.3, -0.25) is 0 Å². The Kier molecular flexibility index (Phi) is 4.83. The molecule has 19 heavy (non-hydrogen) atoms. The summed E-state index contributed by atoms with van der Waals surface area (Å²) in [5.41, 5.74) is 6.91. The van der Waals surface area contributed by atoms with Gasteiger partial charge in [0.2, 0.25) is 0 Å². The van der Waals surface area contributed by atoms with E-state index in [0.717, 1.165) is 25.0 Å². The fraction of sp³-hybridized carbons (Fsp3) is 0.294. The number of fused-ring (bicyclic) bond motifs is 1. The van der Waals surface area contributed by atoms with Crippen molar-refractivity contribution >= 4 is 10.8 Å². The second kappa shape index (κ2) is 6.82. The van der Waals surface area contributed by atoms with Crippen molar-refractivity contribution in [1.82, 2.24) is 0 Å². The molecular weight excluding hydrogens is 234 g/mol. The largest absolute Gasteiger partial charge is 0.493 e. The van der Waals surface area contributed by atoms with Crippen LogP contribution in [0.2, 0.25) is 0 Å². The summed E-state index contributed by atoms with van der Waals surface area (Å²) in [6, 6.07) is 12.4. The number of ether oxygens (including phenoxy) is 1. The van der Waals surface area contributed by atoms with Gasteiger partial charge in [0.1, 0.15) is 5.75 Å². The SMILES string of the molecule is C#CCCCOc1ccc2ccccc2c1CCN. The normalized spacial score (nSPS) is 10.3. The molecule has 0 aromatic heterocycles. The molecule has 0 bridgehead atoms. The van der Waals surface area contributed by atoms with E-state index in [4.69, 9.17) is 16.9 Å². The minimum absolute atomic E-state index is 0.620. The van der Waals surface area contributed by atoms with Crippen LogP contribution in [0.15, 0.2) is 36.4 Å². The highest BCUT2D eigenvalue weighted by Gasteiger charge is 2.07. The summed E-state index contributed by atoms with van der Waals surface area (Å²) in [4.78, 5) is 0. The highest BCUT2D eigenvalue weighted by molar-refractivity contribution is 5.87. The Bertz CT molecular complexity index is 583. The molecule has 0 aliphatic carbocycles. The molecule has 2 nitrogen and oxygen atoms in total. The monoisotopic (exact) mass is 253 g/mol. The van der Waals surface area contributed by atoms with E-state index in [-0.39, 0.29) is 0 Å². The number of terminal acetylenes is 1. The first-order chi connectivity index (χ1) is 9.36. The zero-order valence-corrected chi connectivity index (χ0v) is 11.1. The minimum atomic E-state index is 0.620. The van der Waals surface area contributed by atoms with Gasteiger partial charge in [-0.2, -0.15) is 0 Å². The van der Waals surface area contributed by atoms with Crippen molar-refractivity contribution in [3.05, 3.63) is 42.0 Å². The quantitative estimate of drug-likeness (QED) is 0.634. The first kappa shape index (κ1) is 13.5. The minimum Gasteiger partial charge on any atom is -0.493 e. The smallest absolute Gasteiger partial charge is 0.123 e. The molecule has 2 aromatic carbocycles. The molecule has 0 radical (unpaired) electrons. The van der Waals surface area contributed by atoms with Crippen LogP contribution >= 0.6 is 0 Å². The predicted octanol–water partition coefficient (Wildman–Crippen LogP) is 3.13. The number of rotatable bonds is 6. The molecule has 0 unspecified atom stereocenters. The number of nitrogens with two attached hydrogens (primary N) is 1. The average Bonchev–Trinajstić information content (AvgIpc) is 2.45. The highest BCUT2D eigenvalue weighted by Crippen LogP contribution is 2.28. The van der Waals surface area contributed by atoms with Gasteiger partial charge in [-0.05, 0) is 36.2 Å². The zero-order valence-electron chi connectivity index (χ0n) is 11.1. The van der Waals surface area contributed by atoms with E-state index in [1.165, 1.54) is 16.3 Å². The Morgan fingerprint density at radius 2 is 2.00 bits per heavy atom. The van der Waals surface area contributed by atoms with Crippen LogP contribution in [-0.2, 0) is 6.42 Å². The molecule has 0 saturated carbocycles. The Morgan fingerprint density at radius 3 is 2.79 bits per heavy atom. The van der Waals surface area contributed by atoms with Gasteiger partial charge in [0.15, 0.2) is 0 Å². The lowest BCUT2D eigenvalue weighted by atomic mass is 10.0. The molecule has 0 heterocycles. The second-order valence-electron chi connectivity index (χ2n) is 4.46. The Labute approximate surface area is 114 Å². The van der Waals surface area contributed by atoms with Gasteiger partial charge in [-0.25, -0.2) is 0 Å². The molecule has 0 spiro atoms. The van der Waals surface area contributed by atoms with Gasteiger partial charge in [0.25, 0.3) is 0 Å². The van der Waals surface area contributed by atoms with E-state index in [1.54, 1.807) is 0 Å². The van der Waals surface area contributed by atoms with Crippen molar-refractivity contribution in [2.24, 2.45) is 5.73 Å². The second-order valence-corrected chi connectivity index (χ2v) is 4.46. The first-order valence-electron chi connectivity index (χ1n) is 6.63. The van der Waals surface area contributed by atoms with E-state index < -0.39 is 0 Å². The Morgan fingerprint density at radius 1 is 1.16 bits per heavy atom. The van der Waals surface area contributed by atoms with E-state index in [9.17, 15) is 0 Å². The van der Waals surface area contributed by atoms with Crippen molar-refractivity contribution in [2.75, 3.05) is 13.2 Å². The lowest BCUT2D eigenvalue weighted by molar-refractivity contribution is 0.310. The average molecular weight is 253 g/mol. The van der Waals surface area contributed by atoms with Crippen molar-refractivity contribution in [3.8, 4) is 18.1 Å². The van der Waals surface area contributed by atoms with Gasteiger partial charge >= 0.3 is 0 Å². The maximum absolute atomic E-state index is 5.85. The summed E-state index contributed by atoms with van der Waals surface area (Å²) in [7, 11) is 0. The van der Waals surface area contributed by atoms with Gasteiger partial charge in [0.05, 0.1) is 6.61 Å². The fourth-order valence-electron chi connectivity index (χ4n) is 2.21. The summed E-state index contributed by atoms with van der Waals surface area (Å²) >= 11 is 0. The van der Waals surface area contributed by atoms with Crippen LogP contribution in [-0.4, -0.2) is 13.2 Å². The summed E-state index contributed by atoms with van der Waals surface area (Å²) in [5, 5.41) is 2.45. The first-order valence-corrected chi connectivity index (χ1v) is 6.63. The summed E-state index contributed by atoms with van der Waals surface area (Å²) < 4.78 is 5.85. The number of hydrogen-bond donors (Lipinski definition) is 1. The standard InChI is InChI=1S/C17H19NO/c1-2-3-6-13-19-17-10-9-14-7-4-5-8-15(14)16(17)11-12-18/h1,4-5,7-10H,3,6,11-13,18H2. The molecular formula is C17H19NO. The van der Waals surface area contributed by atoms with Crippen LogP contribution < -0.4 is 10.5 Å². The van der Waals surface area contributed by atoms with Crippen LogP contribution in [0.5, 0.6) is 5.75 Å². The molecule has 0 fully saturated rings. The molecule has 0 aliphatic rings. The van der Waals surface area contributed by atoms with Crippen LogP contribution in [0.25, 0.3) is 10.8 Å².